The summed E-state index contributed by atoms with van der Waals surface area (Å²) in [6.45, 7) is 0.732. The van der Waals surface area contributed by atoms with Gasteiger partial charge in [0, 0.05) is 11.1 Å². The third-order valence-electron chi connectivity index (χ3n) is 3.48. The first kappa shape index (κ1) is 13.0. The summed E-state index contributed by atoms with van der Waals surface area (Å²) in [5.41, 5.74) is 6.74. The standard InChI is InChI=1S/C13H18Cl2N2/c14-10-5-6-11(15)13(7-10)17-12-4-2-1-3-9(12)8-16/h5-7,9,12,17H,1-4,8,16H2. The van der Waals surface area contributed by atoms with Crippen molar-refractivity contribution in [1.82, 2.24) is 0 Å². The predicted molar refractivity (Wildman–Crippen MR) is 74.9 cm³/mol. The Morgan fingerprint density at radius 2 is 2.00 bits per heavy atom. The molecular weight excluding hydrogens is 255 g/mol. The summed E-state index contributed by atoms with van der Waals surface area (Å²) in [7, 11) is 0. The molecule has 0 saturated heterocycles. The van der Waals surface area contributed by atoms with Crippen LogP contribution in [0.25, 0.3) is 0 Å². The minimum atomic E-state index is 0.421. The molecule has 0 spiro atoms. The Morgan fingerprint density at radius 1 is 1.24 bits per heavy atom. The highest BCUT2D eigenvalue weighted by Gasteiger charge is 2.24. The fraction of sp³-hybridized carbons (Fsp3) is 0.538. The summed E-state index contributed by atoms with van der Waals surface area (Å²) >= 11 is 12.1. The maximum Gasteiger partial charge on any atom is 0.0638 e. The van der Waals surface area contributed by atoms with Gasteiger partial charge in [-0.2, -0.15) is 0 Å². The molecule has 0 bridgehead atoms. The number of halogens is 2. The van der Waals surface area contributed by atoms with Gasteiger partial charge in [-0.05, 0) is 43.5 Å². The smallest absolute Gasteiger partial charge is 0.0638 e. The van der Waals surface area contributed by atoms with Gasteiger partial charge in [0.1, 0.15) is 0 Å². The number of rotatable bonds is 3. The van der Waals surface area contributed by atoms with Crippen molar-refractivity contribution in [2.45, 2.75) is 31.7 Å². The zero-order valence-electron chi connectivity index (χ0n) is 9.76. The Morgan fingerprint density at radius 3 is 2.76 bits per heavy atom. The molecule has 1 aromatic carbocycles. The van der Waals surface area contributed by atoms with Crippen LogP contribution >= 0.6 is 23.2 Å². The quantitative estimate of drug-likeness (QED) is 0.875. The van der Waals surface area contributed by atoms with E-state index in [-0.39, 0.29) is 0 Å². The van der Waals surface area contributed by atoms with Crippen molar-refractivity contribution in [3.8, 4) is 0 Å². The third kappa shape index (κ3) is 3.27. The minimum absolute atomic E-state index is 0.421. The molecule has 1 aliphatic carbocycles. The highest BCUT2D eigenvalue weighted by molar-refractivity contribution is 6.35. The SMILES string of the molecule is NCC1CCCCC1Nc1cc(Cl)ccc1Cl. The average molecular weight is 273 g/mol. The Kier molecular flexibility index (Phi) is 4.55. The van der Waals surface area contributed by atoms with Gasteiger partial charge in [0.2, 0.25) is 0 Å². The molecule has 17 heavy (non-hydrogen) atoms. The van der Waals surface area contributed by atoms with Crippen LogP contribution in [-0.4, -0.2) is 12.6 Å². The van der Waals surface area contributed by atoms with Crippen LogP contribution in [0.15, 0.2) is 18.2 Å². The van der Waals surface area contributed by atoms with E-state index in [1.54, 1.807) is 6.07 Å². The van der Waals surface area contributed by atoms with Crippen LogP contribution in [-0.2, 0) is 0 Å². The number of hydrogen-bond acceptors (Lipinski definition) is 2. The Hall–Kier alpha value is -0.440. The lowest BCUT2D eigenvalue weighted by atomic mass is 9.84. The molecule has 1 saturated carbocycles. The fourth-order valence-electron chi connectivity index (χ4n) is 2.49. The molecule has 2 rings (SSSR count). The van der Waals surface area contributed by atoms with Crippen LogP contribution in [0.3, 0.4) is 0 Å². The Bertz CT molecular complexity index is 382. The van der Waals surface area contributed by atoms with E-state index in [0.29, 0.717) is 17.0 Å². The average Bonchev–Trinajstić information content (AvgIpc) is 2.34. The van der Waals surface area contributed by atoms with Crippen molar-refractivity contribution < 1.29 is 0 Å². The van der Waals surface area contributed by atoms with Gasteiger partial charge in [0.15, 0.2) is 0 Å². The van der Waals surface area contributed by atoms with Gasteiger partial charge >= 0.3 is 0 Å². The molecule has 1 fully saturated rings. The van der Waals surface area contributed by atoms with Gasteiger partial charge in [-0.25, -0.2) is 0 Å². The molecule has 1 aliphatic rings. The number of anilines is 1. The van der Waals surface area contributed by atoms with Crippen molar-refractivity contribution in [2.24, 2.45) is 11.7 Å². The molecule has 1 aromatic rings. The van der Waals surface area contributed by atoms with E-state index in [1.165, 1.54) is 19.3 Å². The lowest BCUT2D eigenvalue weighted by Gasteiger charge is -2.32. The molecule has 4 heteroatoms. The molecule has 2 unspecified atom stereocenters. The van der Waals surface area contributed by atoms with E-state index in [9.17, 15) is 0 Å². The van der Waals surface area contributed by atoms with E-state index in [0.717, 1.165) is 23.7 Å². The van der Waals surface area contributed by atoms with Crippen LogP contribution in [0.4, 0.5) is 5.69 Å². The number of nitrogens with one attached hydrogen (secondary N) is 1. The van der Waals surface area contributed by atoms with Gasteiger partial charge in [-0.15, -0.1) is 0 Å². The molecule has 0 amide bonds. The van der Waals surface area contributed by atoms with E-state index in [4.69, 9.17) is 28.9 Å². The van der Waals surface area contributed by atoms with Crippen LogP contribution in [0.5, 0.6) is 0 Å². The number of benzene rings is 1. The highest BCUT2D eigenvalue weighted by atomic mass is 35.5. The van der Waals surface area contributed by atoms with Crippen molar-refractivity contribution in [1.29, 1.82) is 0 Å². The molecule has 0 radical (unpaired) electrons. The van der Waals surface area contributed by atoms with E-state index in [2.05, 4.69) is 5.32 Å². The summed E-state index contributed by atoms with van der Waals surface area (Å²) in [4.78, 5) is 0. The topological polar surface area (TPSA) is 38.0 Å². The molecule has 2 nitrogen and oxygen atoms in total. The Balaban J connectivity index is 2.10. The normalized spacial score (nSPS) is 24.6. The van der Waals surface area contributed by atoms with Crippen molar-refractivity contribution in [2.75, 3.05) is 11.9 Å². The predicted octanol–water partition coefficient (Wildman–Crippen LogP) is 3.92. The zero-order chi connectivity index (χ0) is 12.3. The number of hydrogen-bond donors (Lipinski definition) is 2. The number of nitrogens with two attached hydrogens (primary N) is 1. The second kappa shape index (κ2) is 5.94. The monoisotopic (exact) mass is 272 g/mol. The maximum atomic E-state index is 6.15. The van der Waals surface area contributed by atoms with E-state index >= 15 is 0 Å². The van der Waals surface area contributed by atoms with Crippen LogP contribution in [0.2, 0.25) is 10.0 Å². The van der Waals surface area contributed by atoms with Crippen LogP contribution < -0.4 is 11.1 Å². The summed E-state index contributed by atoms with van der Waals surface area (Å²) < 4.78 is 0. The van der Waals surface area contributed by atoms with Gasteiger partial charge in [-0.3, -0.25) is 0 Å². The summed E-state index contributed by atoms with van der Waals surface area (Å²) in [5, 5.41) is 4.92. The molecule has 0 aliphatic heterocycles. The molecule has 0 heterocycles. The van der Waals surface area contributed by atoms with Gasteiger partial charge in [0.05, 0.1) is 10.7 Å². The van der Waals surface area contributed by atoms with Crippen molar-refractivity contribution >= 4 is 28.9 Å². The first-order valence-corrected chi connectivity index (χ1v) is 6.88. The summed E-state index contributed by atoms with van der Waals surface area (Å²) in [6.07, 6.45) is 4.90. The summed E-state index contributed by atoms with van der Waals surface area (Å²) in [6, 6.07) is 5.93. The second-order valence-corrected chi connectivity index (χ2v) is 5.50. The van der Waals surface area contributed by atoms with Gasteiger partial charge < -0.3 is 11.1 Å². The highest BCUT2D eigenvalue weighted by Crippen LogP contribution is 2.31. The van der Waals surface area contributed by atoms with Crippen molar-refractivity contribution in [3.63, 3.8) is 0 Å². The van der Waals surface area contributed by atoms with Gasteiger partial charge in [-0.1, -0.05) is 36.0 Å². The van der Waals surface area contributed by atoms with Crippen LogP contribution in [0.1, 0.15) is 25.7 Å². The van der Waals surface area contributed by atoms with E-state index in [1.807, 2.05) is 12.1 Å². The first-order valence-electron chi connectivity index (χ1n) is 6.12. The molecule has 2 atom stereocenters. The third-order valence-corrected chi connectivity index (χ3v) is 4.05. The van der Waals surface area contributed by atoms with E-state index < -0.39 is 0 Å². The Labute approximate surface area is 112 Å². The lowest BCUT2D eigenvalue weighted by Crippen LogP contribution is -2.36. The second-order valence-electron chi connectivity index (χ2n) is 4.66. The van der Waals surface area contributed by atoms with Crippen molar-refractivity contribution in [3.05, 3.63) is 28.2 Å². The van der Waals surface area contributed by atoms with Crippen LogP contribution in [0, 0.1) is 5.92 Å². The maximum absolute atomic E-state index is 6.15. The molecule has 3 N–H and O–H groups in total. The largest absolute Gasteiger partial charge is 0.381 e. The fourth-order valence-corrected chi connectivity index (χ4v) is 2.83. The lowest BCUT2D eigenvalue weighted by molar-refractivity contribution is 0.332. The minimum Gasteiger partial charge on any atom is -0.381 e. The van der Waals surface area contributed by atoms with Gasteiger partial charge in [0.25, 0.3) is 0 Å². The molecule has 0 aromatic heterocycles. The summed E-state index contributed by atoms with van der Waals surface area (Å²) in [5.74, 6) is 0.541. The zero-order valence-corrected chi connectivity index (χ0v) is 11.3. The molecular formula is C13H18Cl2N2. The molecule has 94 valence electrons. The first-order chi connectivity index (χ1) is 8.20.